The highest BCUT2D eigenvalue weighted by Gasteiger charge is 2.44. The van der Waals surface area contributed by atoms with Crippen LogP contribution >= 0.6 is 0 Å². The van der Waals surface area contributed by atoms with Gasteiger partial charge in [-0.1, -0.05) is 12.1 Å². The molecule has 27 heavy (non-hydrogen) atoms. The molecule has 140 valence electrons. The van der Waals surface area contributed by atoms with Crippen LogP contribution in [-0.4, -0.2) is 39.5 Å². The Labute approximate surface area is 153 Å². The van der Waals surface area contributed by atoms with Crippen molar-refractivity contribution in [3.63, 3.8) is 0 Å². The summed E-state index contributed by atoms with van der Waals surface area (Å²) >= 11 is 0. The summed E-state index contributed by atoms with van der Waals surface area (Å²) in [4.78, 5) is 23.3. The molecule has 0 aliphatic carbocycles. The first-order valence-corrected chi connectivity index (χ1v) is 7.86. The predicted molar refractivity (Wildman–Crippen MR) is 92.7 cm³/mol. The molecule has 0 saturated carbocycles. The quantitative estimate of drug-likeness (QED) is 0.365. The van der Waals surface area contributed by atoms with Gasteiger partial charge in [0.1, 0.15) is 12.0 Å². The molecule has 0 amide bonds. The average molecular weight is 372 g/mol. The molecule has 0 unspecified atom stereocenters. The smallest absolute Gasteiger partial charge is 0.328 e. The van der Waals surface area contributed by atoms with Gasteiger partial charge in [0.25, 0.3) is 0 Å². The number of phenols is 3. The van der Waals surface area contributed by atoms with Crippen molar-refractivity contribution in [1.29, 1.82) is 0 Å². The monoisotopic (exact) mass is 372 g/mol. The number of methoxy groups -OCH3 is 1. The molecule has 0 saturated heterocycles. The first-order valence-electron chi connectivity index (χ1n) is 7.86. The van der Waals surface area contributed by atoms with Crippen molar-refractivity contribution in [3.8, 4) is 23.0 Å². The number of phenolic OH excluding ortho intramolecular Hbond substituents is 3. The van der Waals surface area contributed by atoms with Gasteiger partial charge in [-0.25, -0.2) is 4.79 Å². The van der Waals surface area contributed by atoms with Gasteiger partial charge in [-0.2, -0.15) is 0 Å². The summed E-state index contributed by atoms with van der Waals surface area (Å²) in [5.74, 6) is -3.79. The van der Waals surface area contributed by atoms with Gasteiger partial charge < -0.3 is 29.9 Å². The minimum atomic E-state index is -1.18. The van der Waals surface area contributed by atoms with Crippen molar-refractivity contribution in [2.45, 2.75) is 12.0 Å². The third-order valence-electron chi connectivity index (χ3n) is 4.26. The van der Waals surface area contributed by atoms with Crippen LogP contribution < -0.4 is 4.74 Å². The van der Waals surface area contributed by atoms with Gasteiger partial charge in [0.2, 0.25) is 0 Å². The number of carbonyl (C=O) groups excluding carboxylic acids is 1. The molecule has 1 aliphatic rings. The molecule has 0 spiro atoms. The lowest BCUT2D eigenvalue weighted by molar-refractivity contribution is -0.144. The van der Waals surface area contributed by atoms with Crippen molar-refractivity contribution in [2.24, 2.45) is 0 Å². The zero-order valence-electron chi connectivity index (χ0n) is 14.1. The fourth-order valence-corrected chi connectivity index (χ4v) is 3.05. The number of esters is 1. The molecule has 4 N–H and O–H groups in total. The number of ether oxygens (including phenoxy) is 2. The van der Waals surface area contributed by atoms with Crippen molar-refractivity contribution in [2.75, 3.05) is 7.11 Å². The zero-order chi connectivity index (χ0) is 19.7. The van der Waals surface area contributed by atoms with Crippen LogP contribution in [0.5, 0.6) is 23.0 Å². The van der Waals surface area contributed by atoms with Crippen LogP contribution in [0, 0.1) is 0 Å². The topological polar surface area (TPSA) is 134 Å². The lowest BCUT2D eigenvalue weighted by Crippen LogP contribution is -2.20. The molecule has 8 nitrogen and oxygen atoms in total. The van der Waals surface area contributed by atoms with Gasteiger partial charge in [-0.3, -0.25) is 4.79 Å². The molecule has 1 heterocycles. The van der Waals surface area contributed by atoms with Crippen LogP contribution in [0.25, 0.3) is 6.08 Å². The van der Waals surface area contributed by atoms with E-state index in [0.29, 0.717) is 11.1 Å². The Hall–Kier alpha value is -3.68. The molecular weight excluding hydrogens is 356 g/mol. The van der Waals surface area contributed by atoms with Crippen molar-refractivity contribution >= 4 is 18.0 Å². The van der Waals surface area contributed by atoms with Crippen LogP contribution in [0.2, 0.25) is 0 Å². The number of hydrogen-bond acceptors (Lipinski definition) is 7. The number of hydrogen-bond donors (Lipinski definition) is 4. The Bertz CT molecular complexity index is 947. The van der Waals surface area contributed by atoms with E-state index < -0.39 is 29.7 Å². The summed E-state index contributed by atoms with van der Waals surface area (Å²) in [6.07, 6.45) is 1.24. The van der Waals surface area contributed by atoms with E-state index in [1.54, 1.807) is 0 Å². The normalized spacial score (nSPS) is 18.1. The molecule has 2 atom stereocenters. The van der Waals surface area contributed by atoms with Crippen LogP contribution in [0.3, 0.4) is 0 Å². The minimum Gasteiger partial charge on any atom is -0.504 e. The summed E-state index contributed by atoms with van der Waals surface area (Å²) in [5, 5.41) is 38.3. The second kappa shape index (κ2) is 6.91. The number of benzene rings is 2. The van der Waals surface area contributed by atoms with E-state index in [1.165, 1.54) is 43.5 Å². The van der Waals surface area contributed by atoms with Crippen LogP contribution in [0.1, 0.15) is 28.7 Å². The van der Waals surface area contributed by atoms with Gasteiger partial charge in [0, 0.05) is 11.6 Å². The van der Waals surface area contributed by atoms with E-state index >= 15 is 0 Å². The van der Waals surface area contributed by atoms with Gasteiger partial charge >= 0.3 is 11.9 Å². The van der Waals surface area contributed by atoms with Crippen LogP contribution in [0.15, 0.2) is 36.4 Å². The summed E-state index contributed by atoms with van der Waals surface area (Å²) in [6, 6.07) is 6.74. The third-order valence-corrected chi connectivity index (χ3v) is 4.26. The number of carboxylic acids is 1. The lowest BCUT2D eigenvalue weighted by atomic mass is 9.87. The Morgan fingerprint density at radius 2 is 1.78 bits per heavy atom. The fourth-order valence-electron chi connectivity index (χ4n) is 3.05. The fraction of sp³-hybridized carbons (Fsp3) is 0.158. The maximum Gasteiger partial charge on any atom is 0.328 e. The highest BCUT2D eigenvalue weighted by atomic mass is 16.5. The lowest BCUT2D eigenvalue weighted by Gasteiger charge is -2.18. The van der Waals surface area contributed by atoms with Crippen molar-refractivity contribution < 1.29 is 39.5 Å². The maximum absolute atomic E-state index is 12.5. The van der Waals surface area contributed by atoms with Gasteiger partial charge in [0.05, 0.1) is 7.11 Å². The Kier molecular flexibility index (Phi) is 4.64. The SMILES string of the molecule is COC(=O)[C@H]1c2c(/C=C/C(=O)O)ccc(O)c2O[C@@H]1c1ccc(O)c(O)c1. The molecule has 8 heteroatoms. The molecule has 0 radical (unpaired) electrons. The van der Waals surface area contributed by atoms with Crippen LogP contribution in [-0.2, 0) is 14.3 Å². The highest BCUT2D eigenvalue weighted by molar-refractivity contribution is 5.89. The first kappa shape index (κ1) is 18.1. The molecular formula is C19H16O8. The first-order chi connectivity index (χ1) is 12.8. The largest absolute Gasteiger partial charge is 0.504 e. The van der Waals surface area contributed by atoms with E-state index in [0.717, 1.165) is 6.08 Å². The number of carboxylic acid groups (broad SMARTS) is 1. The van der Waals surface area contributed by atoms with Gasteiger partial charge in [-0.05, 0) is 35.4 Å². The Balaban J connectivity index is 2.17. The van der Waals surface area contributed by atoms with Crippen LogP contribution in [0.4, 0.5) is 0 Å². The molecule has 0 bridgehead atoms. The predicted octanol–water partition coefficient (Wildman–Crippen LogP) is 2.29. The second-order valence-electron chi connectivity index (χ2n) is 5.88. The number of rotatable bonds is 4. The number of fused-ring (bicyclic) bond motifs is 1. The Morgan fingerprint density at radius 3 is 2.41 bits per heavy atom. The number of carbonyl (C=O) groups is 2. The summed E-state index contributed by atoms with van der Waals surface area (Å²) < 4.78 is 10.6. The van der Waals surface area contributed by atoms with E-state index in [2.05, 4.69) is 0 Å². The maximum atomic E-state index is 12.5. The molecule has 0 aromatic heterocycles. The van der Waals surface area contributed by atoms with E-state index in [-0.39, 0.29) is 22.8 Å². The molecule has 0 fully saturated rings. The standard InChI is InChI=1S/C19H16O8/c1-26-19(25)16-15-9(4-7-14(23)24)2-6-12(21)18(15)27-17(16)10-3-5-11(20)13(22)8-10/h2-8,16-17,20-22H,1H3,(H,23,24)/b7-4+/t16-,17+/m0/s1. The van der Waals surface area contributed by atoms with Gasteiger partial charge in [0.15, 0.2) is 23.0 Å². The summed E-state index contributed by atoms with van der Waals surface area (Å²) in [6.45, 7) is 0. The summed E-state index contributed by atoms with van der Waals surface area (Å²) in [5.41, 5.74) is 1.01. The number of aliphatic carboxylic acids is 1. The molecule has 1 aliphatic heterocycles. The van der Waals surface area contributed by atoms with Crippen molar-refractivity contribution in [1.82, 2.24) is 0 Å². The molecule has 3 rings (SSSR count). The van der Waals surface area contributed by atoms with Crippen molar-refractivity contribution in [3.05, 3.63) is 53.1 Å². The van der Waals surface area contributed by atoms with E-state index in [9.17, 15) is 24.9 Å². The van der Waals surface area contributed by atoms with E-state index in [4.69, 9.17) is 14.6 Å². The molecule has 2 aromatic carbocycles. The van der Waals surface area contributed by atoms with Gasteiger partial charge in [-0.15, -0.1) is 0 Å². The number of aromatic hydroxyl groups is 3. The Morgan fingerprint density at radius 1 is 1.07 bits per heavy atom. The van der Waals surface area contributed by atoms with E-state index in [1.807, 2.05) is 0 Å². The summed E-state index contributed by atoms with van der Waals surface area (Å²) in [7, 11) is 1.20. The average Bonchev–Trinajstić information content (AvgIpc) is 3.04. The third kappa shape index (κ3) is 3.24. The molecule has 2 aromatic rings. The zero-order valence-corrected chi connectivity index (χ0v) is 14.1. The highest BCUT2D eigenvalue weighted by Crippen LogP contribution is 2.52. The minimum absolute atomic E-state index is 0.0236. The second-order valence-corrected chi connectivity index (χ2v) is 5.88.